The fourth-order valence-electron chi connectivity index (χ4n) is 2.62. The van der Waals surface area contributed by atoms with Crippen LogP contribution in [0.15, 0.2) is 61.2 Å². The van der Waals surface area contributed by atoms with E-state index in [1.165, 1.54) is 0 Å². The van der Waals surface area contributed by atoms with Crippen LogP contribution in [0.5, 0.6) is 5.75 Å². The van der Waals surface area contributed by atoms with Crippen molar-refractivity contribution in [3.63, 3.8) is 0 Å². The first-order valence-electron chi connectivity index (χ1n) is 7.94. The topological polar surface area (TPSA) is 70.7 Å². The number of carbonyl (C=O) groups is 2. The Morgan fingerprint density at radius 1 is 1.20 bits per heavy atom. The van der Waals surface area contributed by atoms with Crippen molar-refractivity contribution in [1.29, 1.82) is 0 Å². The molecule has 1 atom stereocenters. The van der Waals surface area contributed by atoms with Gasteiger partial charge in [-0.3, -0.25) is 4.79 Å². The van der Waals surface area contributed by atoms with Gasteiger partial charge in [-0.15, -0.1) is 6.58 Å². The number of urea groups is 1. The Labute approximate surface area is 146 Å². The number of para-hydroxylation sites is 1. The van der Waals surface area contributed by atoms with Gasteiger partial charge in [-0.05, 0) is 37.3 Å². The van der Waals surface area contributed by atoms with Crippen molar-refractivity contribution in [3.05, 3.63) is 61.2 Å². The third-order valence-corrected chi connectivity index (χ3v) is 3.77. The van der Waals surface area contributed by atoms with E-state index in [-0.39, 0.29) is 11.9 Å². The molecule has 3 amide bonds. The molecular weight excluding hydrogens is 318 g/mol. The molecule has 0 spiro atoms. The number of rotatable bonds is 4. The maximum absolute atomic E-state index is 12.3. The van der Waals surface area contributed by atoms with Gasteiger partial charge in [0.05, 0.1) is 5.69 Å². The van der Waals surface area contributed by atoms with Crippen molar-refractivity contribution in [2.75, 3.05) is 22.1 Å². The predicted octanol–water partition coefficient (Wildman–Crippen LogP) is 3.63. The van der Waals surface area contributed by atoms with Crippen LogP contribution >= 0.6 is 0 Å². The van der Waals surface area contributed by atoms with E-state index in [0.29, 0.717) is 29.4 Å². The lowest BCUT2D eigenvalue weighted by Crippen LogP contribution is -2.44. The van der Waals surface area contributed by atoms with Gasteiger partial charge in [-0.1, -0.05) is 24.3 Å². The summed E-state index contributed by atoms with van der Waals surface area (Å²) in [6, 6.07) is 14.0. The van der Waals surface area contributed by atoms with E-state index in [1.54, 1.807) is 48.2 Å². The molecule has 3 rings (SSSR count). The summed E-state index contributed by atoms with van der Waals surface area (Å²) in [5, 5.41) is 5.50. The van der Waals surface area contributed by atoms with E-state index < -0.39 is 6.10 Å². The van der Waals surface area contributed by atoms with Crippen LogP contribution < -0.4 is 20.3 Å². The molecule has 1 heterocycles. The average Bonchev–Trinajstić information content (AvgIpc) is 2.60. The minimum atomic E-state index is -0.548. The van der Waals surface area contributed by atoms with Gasteiger partial charge in [-0.2, -0.15) is 0 Å². The minimum Gasteiger partial charge on any atom is -0.479 e. The van der Waals surface area contributed by atoms with E-state index in [0.717, 1.165) is 0 Å². The van der Waals surface area contributed by atoms with Crippen LogP contribution in [0.1, 0.15) is 6.92 Å². The lowest BCUT2D eigenvalue weighted by Gasteiger charge is -2.32. The molecule has 25 heavy (non-hydrogen) atoms. The van der Waals surface area contributed by atoms with Crippen molar-refractivity contribution in [2.45, 2.75) is 13.0 Å². The Hall–Kier alpha value is -3.28. The number of amides is 3. The highest BCUT2D eigenvalue weighted by atomic mass is 16.5. The molecule has 2 N–H and O–H groups in total. The van der Waals surface area contributed by atoms with Gasteiger partial charge in [0.2, 0.25) is 0 Å². The highest BCUT2D eigenvalue weighted by Gasteiger charge is 2.30. The standard InChI is InChI=1S/C19H19N3O3/c1-3-11-22-16-12-15(9-10-17(16)25-13(2)18(22)23)21-19(24)20-14-7-5-4-6-8-14/h3-10,12-13H,1,11H2,2H3,(H2,20,21,24). The van der Waals surface area contributed by atoms with Gasteiger partial charge in [-0.25, -0.2) is 4.79 Å². The Bertz CT molecular complexity index is 805. The smallest absolute Gasteiger partial charge is 0.323 e. The number of anilines is 3. The number of nitrogens with one attached hydrogen (secondary N) is 2. The zero-order valence-corrected chi connectivity index (χ0v) is 13.9. The molecule has 6 heteroatoms. The van der Waals surface area contributed by atoms with Crippen molar-refractivity contribution in [1.82, 2.24) is 0 Å². The van der Waals surface area contributed by atoms with E-state index in [9.17, 15) is 9.59 Å². The van der Waals surface area contributed by atoms with Gasteiger partial charge in [0, 0.05) is 17.9 Å². The molecule has 1 unspecified atom stereocenters. The molecule has 0 saturated carbocycles. The number of benzene rings is 2. The Balaban J connectivity index is 1.79. The molecule has 6 nitrogen and oxygen atoms in total. The normalized spacial score (nSPS) is 15.8. The summed E-state index contributed by atoms with van der Waals surface area (Å²) in [6.45, 7) is 5.77. The highest BCUT2D eigenvalue weighted by molar-refractivity contribution is 6.03. The molecule has 0 saturated heterocycles. The summed E-state index contributed by atoms with van der Waals surface area (Å²) in [7, 11) is 0. The van der Waals surface area contributed by atoms with Crippen LogP contribution in [-0.2, 0) is 4.79 Å². The molecule has 2 aromatic rings. The fraction of sp³-hybridized carbons (Fsp3) is 0.158. The van der Waals surface area contributed by atoms with Crippen LogP contribution in [-0.4, -0.2) is 24.6 Å². The fourth-order valence-corrected chi connectivity index (χ4v) is 2.62. The van der Waals surface area contributed by atoms with Gasteiger partial charge in [0.25, 0.3) is 5.91 Å². The molecule has 2 aromatic carbocycles. The molecule has 0 fully saturated rings. The average molecular weight is 337 g/mol. The second-order valence-corrected chi connectivity index (χ2v) is 5.63. The molecule has 0 radical (unpaired) electrons. The summed E-state index contributed by atoms with van der Waals surface area (Å²) < 4.78 is 5.62. The molecule has 1 aliphatic rings. The van der Waals surface area contributed by atoms with E-state index in [2.05, 4.69) is 17.2 Å². The lowest BCUT2D eigenvalue weighted by atomic mass is 10.1. The third-order valence-electron chi connectivity index (χ3n) is 3.77. The quantitative estimate of drug-likeness (QED) is 0.837. The van der Waals surface area contributed by atoms with Crippen LogP contribution in [0.25, 0.3) is 0 Å². The highest BCUT2D eigenvalue weighted by Crippen LogP contribution is 2.36. The van der Waals surface area contributed by atoms with Gasteiger partial charge in [0.1, 0.15) is 5.75 Å². The summed E-state index contributed by atoms with van der Waals surface area (Å²) in [5.41, 5.74) is 1.87. The molecule has 128 valence electrons. The van der Waals surface area contributed by atoms with Crippen molar-refractivity contribution >= 4 is 29.0 Å². The monoisotopic (exact) mass is 337 g/mol. The van der Waals surface area contributed by atoms with Gasteiger partial charge < -0.3 is 20.3 Å². The predicted molar refractivity (Wildman–Crippen MR) is 98.2 cm³/mol. The first kappa shape index (κ1) is 16.6. The molecular formula is C19H19N3O3. The molecule has 0 aliphatic carbocycles. The number of fused-ring (bicyclic) bond motifs is 1. The van der Waals surface area contributed by atoms with Crippen molar-refractivity contribution < 1.29 is 14.3 Å². The summed E-state index contributed by atoms with van der Waals surface area (Å²) >= 11 is 0. The Morgan fingerprint density at radius 3 is 2.64 bits per heavy atom. The zero-order chi connectivity index (χ0) is 17.8. The molecule has 1 aliphatic heterocycles. The molecule has 0 aromatic heterocycles. The van der Waals surface area contributed by atoms with Crippen molar-refractivity contribution in [2.24, 2.45) is 0 Å². The number of ether oxygens (including phenoxy) is 1. The third kappa shape index (κ3) is 3.63. The van der Waals surface area contributed by atoms with Crippen molar-refractivity contribution in [3.8, 4) is 5.75 Å². The van der Waals surface area contributed by atoms with E-state index >= 15 is 0 Å². The number of nitrogens with zero attached hydrogens (tertiary/aromatic N) is 1. The van der Waals surface area contributed by atoms with E-state index in [1.807, 2.05) is 18.2 Å². The first-order chi connectivity index (χ1) is 12.1. The first-order valence-corrected chi connectivity index (χ1v) is 7.94. The number of carbonyl (C=O) groups excluding carboxylic acids is 2. The van der Waals surface area contributed by atoms with Crippen LogP contribution in [0.2, 0.25) is 0 Å². The number of hydrogen-bond acceptors (Lipinski definition) is 3. The van der Waals surface area contributed by atoms with Gasteiger partial charge >= 0.3 is 6.03 Å². The van der Waals surface area contributed by atoms with Gasteiger partial charge in [0.15, 0.2) is 6.10 Å². The van der Waals surface area contributed by atoms with Crippen LogP contribution in [0, 0.1) is 0 Å². The Morgan fingerprint density at radius 2 is 1.92 bits per heavy atom. The largest absolute Gasteiger partial charge is 0.479 e. The van der Waals surface area contributed by atoms with E-state index in [4.69, 9.17) is 4.74 Å². The summed E-state index contributed by atoms with van der Waals surface area (Å²) in [6.07, 6.45) is 1.11. The maximum atomic E-state index is 12.3. The summed E-state index contributed by atoms with van der Waals surface area (Å²) in [4.78, 5) is 26.0. The number of hydrogen-bond donors (Lipinski definition) is 2. The Kier molecular flexibility index (Phi) is 4.70. The summed E-state index contributed by atoms with van der Waals surface area (Å²) in [5.74, 6) is 0.459. The van der Waals surface area contributed by atoms with Crippen LogP contribution in [0.3, 0.4) is 0 Å². The minimum absolute atomic E-state index is 0.140. The maximum Gasteiger partial charge on any atom is 0.323 e. The SMILES string of the molecule is C=CCN1C(=O)C(C)Oc2ccc(NC(=O)Nc3ccccc3)cc21. The second-order valence-electron chi connectivity index (χ2n) is 5.63. The van der Waals surface area contributed by atoms with Crippen LogP contribution in [0.4, 0.5) is 21.9 Å². The lowest BCUT2D eigenvalue weighted by molar-refractivity contribution is -0.125. The second kappa shape index (κ2) is 7.09. The zero-order valence-electron chi connectivity index (χ0n) is 13.9. The molecule has 0 bridgehead atoms.